The van der Waals surface area contributed by atoms with E-state index in [9.17, 15) is 50.8 Å². The van der Waals surface area contributed by atoms with Crippen molar-refractivity contribution in [3.8, 4) is 0 Å². The van der Waals surface area contributed by atoms with Crippen molar-refractivity contribution < 1.29 is 69.7 Å². The monoisotopic (exact) mass is 782 g/mol. The Labute approximate surface area is 323 Å². The van der Waals surface area contributed by atoms with Crippen LogP contribution in [0.3, 0.4) is 0 Å². The average Bonchev–Trinajstić information content (AvgIpc) is 3.14. The van der Waals surface area contributed by atoms with Crippen molar-refractivity contribution in [1.82, 2.24) is 0 Å². The van der Waals surface area contributed by atoms with Crippen molar-refractivity contribution >= 4 is 5.97 Å². The number of fused-ring (bicyclic) bond motifs is 7. The molecule has 0 bridgehead atoms. The molecule has 7 aliphatic rings. The van der Waals surface area contributed by atoms with Gasteiger partial charge in [0.25, 0.3) is 0 Å². The van der Waals surface area contributed by atoms with Gasteiger partial charge in [0.15, 0.2) is 6.29 Å². The van der Waals surface area contributed by atoms with Crippen LogP contribution in [0.1, 0.15) is 99.3 Å². The standard InChI is InChI=1S/C41H66O14/c1-36(2)13-15-41(35(51)55-34-31(49)29(47)28(46)22(17-42)53-34)16-14-39(5)20(26(41)32(36)50)7-8-24-37(3)11-10-25(54-33-30(48)27(45)21(44)18-52-33)38(4,19-43)23(37)9-12-40(24,39)6/h7,21-34,42-50H,8-19H2,1-6H3/t21-,22-,23-,24-,25+,26-,27+,28-,29+,30-,31-,32+,33+,34+,37+,38+,39-,40-,41+/m1/s1. The maximum absolute atomic E-state index is 14.6. The van der Waals surface area contributed by atoms with E-state index in [1.165, 1.54) is 0 Å². The molecule has 2 aliphatic heterocycles. The first-order valence-corrected chi connectivity index (χ1v) is 20.5. The summed E-state index contributed by atoms with van der Waals surface area (Å²) in [6.07, 6.45) is -6.32. The molecule has 0 aromatic rings. The molecule has 2 heterocycles. The fraction of sp³-hybridized carbons (Fsp3) is 0.927. The highest BCUT2D eigenvalue weighted by atomic mass is 16.7. The first kappa shape index (κ1) is 41.9. The molecule has 0 radical (unpaired) electrons. The lowest BCUT2D eigenvalue weighted by atomic mass is 9.33. The third-order valence-electron chi connectivity index (χ3n) is 17.2. The summed E-state index contributed by atoms with van der Waals surface area (Å²) in [5.41, 5.74) is -2.16. The van der Waals surface area contributed by atoms with E-state index in [0.29, 0.717) is 38.5 Å². The number of hydrogen-bond donors (Lipinski definition) is 9. The van der Waals surface area contributed by atoms with Gasteiger partial charge < -0.3 is 64.9 Å². The molecule has 9 N–H and O–H groups in total. The summed E-state index contributed by atoms with van der Waals surface area (Å²) in [4.78, 5) is 14.6. The van der Waals surface area contributed by atoms with Crippen molar-refractivity contribution in [2.75, 3.05) is 19.8 Å². The van der Waals surface area contributed by atoms with Crippen LogP contribution in [0.5, 0.6) is 0 Å². The first-order chi connectivity index (χ1) is 25.7. The third-order valence-corrected chi connectivity index (χ3v) is 17.2. The van der Waals surface area contributed by atoms with Gasteiger partial charge in [-0.15, -0.1) is 0 Å². The van der Waals surface area contributed by atoms with Gasteiger partial charge >= 0.3 is 5.97 Å². The fourth-order valence-corrected chi connectivity index (χ4v) is 13.3. The normalized spacial score (nSPS) is 54.9. The van der Waals surface area contributed by atoms with Crippen molar-refractivity contribution in [1.29, 1.82) is 0 Å². The molecule has 55 heavy (non-hydrogen) atoms. The predicted molar refractivity (Wildman–Crippen MR) is 194 cm³/mol. The Bertz CT molecular complexity index is 1490. The molecule has 0 amide bonds. The third kappa shape index (κ3) is 5.97. The molecule has 0 spiro atoms. The van der Waals surface area contributed by atoms with Gasteiger partial charge in [-0.25, -0.2) is 0 Å². The van der Waals surface area contributed by atoms with Crippen molar-refractivity contribution in [3.63, 3.8) is 0 Å². The molecule has 6 fully saturated rings. The maximum atomic E-state index is 14.6. The summed E-state index contributed by atoms with van der Waals surface area (Å²) in [6.45, 7) is 12.1. The van der Waals surface area contributed by atoms with Crippen LogP contribution in [0.2, 0.25) is 0 Å². The Balaban J connectivity index is 1.20. The number of allylic oxidation sites excluding steroid dienone is 1. The Hall–Kier alpha value is -1.27. The summed E-state index contributed by atoms with van der Waals surface area (Å²) in [5, 5.41) is 95.7. The van der Waals surface area contributed by atoms with Gasteiger partial charge in [-0.05, 0) is 91.3 Å². The topological polar surface area (TPSA) is 236 Å². The van der Waals surface area contributed by atoms with Crippen LogP contribution >= 0.6 is 0 Å². The van der Waals surface area contributed by atoms with Gasteiger partial charge in [0.05, 0.1) is 37.4 Å². The van der Waals surface area contributed by atoms with E-state index >= 15 is 0 Å². The lowest BCUT2D eigenvalue weighted by Crippen LogP contribution is -2.68. The van der Waals surface area contributed by atoms with Gasteiger partial charge in [0.2, 0.25) is 6.29 Å². The smallest absolute Gasteiger partial charge is 0.315 e. The summed E-state index contributed by atoms with van der Waals surface area (Å²) < 4.78 is 23.5. The number of ether oxygens (including phenoxy) is 4. The minimum Gasteiger partial charge on any atom is -0.432 e. The van der Waals surface area contributed by atoms with Crippen LogP contribution < -0.4 is 0 Å². The minimum atomic E-state index is -1.73. The molecule has 5 aliphatic carbocycles. The Morgan fingerprint density at radius 1 is 0.782 bits per heavy atom. The van der Waals surface area contributed by atoms with Crippen molar-refractivity contribution in [2.45, 2.75) is 167 Å². The summed E-state index contributed by atoms with van der Waals surface area (Å²) >= 11 is 0. The lowest BCUT2D eigenvalue weighted by Gasteiger charge is -2.71. The molecule has 7 rings (SSSR count). The zero-order valence-electron chi connectivity index (χ0n) is 33.2. The summed E-state index contributed by atoms with van der Waals surface area (Å²) in [6, 6.07) is 0. The van der Waals surface area contributed by atoms with Crippen LogP contribution in [0, 0.1) is 50.2 Å². The largest absolute Gasteiger partial charge is 0.432 e. The fourth-order valence-electron chi connectivity index (χ4n) is 13.3. The molecule has 0 aromatic heterocycles. The van der Waals surface area contributed by atoms with Crippen molar-refractivity contribution in [2.24, 2.45) is 50.2 Å². The number of esters is 1. The molecule has 314 valence electrons. The number of hydrogen-bond acceptors (Lipinski definition) is 14. The number of aliphatic hydroxyl groups is 9. The molecule has 4 saturated carbocycles. The zero-order valence-corrected chi connectivity index (χ0v) is 33.2. The second-order valence-electron chi connectivity index (χ2n) is 20.0. The summed E-state index contributed by atoms with van der Waals surface area (Å²) in [7, 11) is 0. The predicted octanol–water partition coefficient (Wildman–Crippen LogP) is 0.899. The second kappa shape index (κ2) is 14.2. The van der Waals surface area contributed by atoms with Gasteiger partial charge in [0, 0.05) is 11.3 Å². The van der Waals surface area contributed by atoms with Crippen LogP contribution in [-0.4, -0.2) is 139 Å². The van der Waals surface area contributed by atoms with E-state index < -0.39 is 108 Å². The Morgan fingerprint density at radius 3 is 2.13 bits per heavy atom. The quantitative estimate of drug-likeness (QED) is 0.104. The van der Waals surface area contributed by atoms with Crippen LogP contribution in [0.4, 0.5) is 0 Å². The van der Waals surface area contributed by atoms with E-state index in [4.69, 9.17) is 18.9 Å². The molecular weight excluding hydrogens is 716 g/mol. The van der Waals surface area contributed by atoms with Gasteiger partial charge in [0.1, 0.15) is 42.7 Å². The maximum Gasteiger partial charge on any atom is 0.315 e. The van der Waals surface area contributed by atoms with Crippen molar-refractivity contribution in [3.05, 3.63) is 11.6 Å². The molecule has 0 aromatic carbocycles. The lowest BCUT2D eigenvalue weighted by molar-refractivity contribution is -0.313. The average molecular weight is 783 g/mol. The van der Waals surface area contributed by atoms with Gasteiger partial charge in [-0.2, -0.15) is 0 Å². The van der Waals surface area contributed by atoms with Gasteiger partial charge in [-0.3, -0.25) is 4.79 Å². The molecule has 14 nitrogen and oxygen atoms in total. The number of rotatable bonds is 6. The Morgan fingerprint density at radius 2 is 1.45 bits per heavy atom. The van der Waals surface area contributed by atoms with Crippen LogP contribution in [-0.2, 0) is 23.7 Å². The van der Waals surface area contributed by atoms with E-state index in [1.54, 1.807) is 0 Å². The molecule has 19 atom stereocenters. The molecule has 14 heteroatoms. The highest BCUT2D eigenvalue weighted by Crippen LogP contribution is 2.76. The number of aliphatic hydroxyl groups excluding tert-OH is 9. The molecular formula is C41H66O14. The number of carbonyl (C=O) groups is 1. The molecule has 2 saturated heterocycles. The molecule has 0 unspecified atom stereocenters. The minimum absolute atomic E-state index is 0.0482. The first-order valence-electron chi connectivity index (χ1n) is 20.5. The Kier molecular flexibility index (Phi) is 10.8. The van der Waals surface area contributed by atoms with Gasteiger partial charge in [-0.1, -0.05) is 53.2 Å². The highest BCUT2D eigenvalue weighted by Gasteiger charge is 2.71. The van der Waals surface area contributed by atoms with E-state index in [2.05, 4.69) is 26.8 Å². The second-order valence-corrected chi connectivity index (χ2v) is 20.0. The van der Waals surface area contributed by atoms with Crippen LogP contribution in [0.15, 0.2) is 11.6 Å². The zero-order chi connectivity index (χ0) is 40.3. The SMILES string of the molecule is CC1(C)CC[C@]2(C(=O)O[C@@H]3O[C@H](CO)[C@@H](O)[C@H](O)[C@H]3O)CC[C@]3(C)C(=CC[C@@H]4[C@@]5(C)CC[C@H](O[C@@H]6OC[C@@H](O)[C@H](O)[C@H]6O)[C@@](C)(CO)[C@@H]5CC[C@]43C)[C@@H]2[C@@H]1O. The van der Waals surface area contributed by atoms with E-state index in [1.807, 2.05) is 20.8 Å². The number of carbonyl (C=O) groups excluding carboxylic acids is 1. The van der Waals surface area contributed by atoms with E-state index in [0.717, 1.165) is 24.8 Å². The summed E-state index contributed by atoms with van der Waals surface area (Å²) in [5.74, 6) is -0.978. The highest BCUT2D eigenvalue weighted by molar-refractivity contribution is 5.79. The van der Waals surface area contributed by atoms with E-state index in [-0.39, 0.29) is 35.9 Å². The van der Waals surface area contributed by atoms with Crippen LogP contribution in [0.25, 0.3) is 0 Å².